The fourth-order valence-corrected chi connectivity index (χ4v) is 2.22. The van der Waals surface area contributed by atoms with Crippen LogP contribution in [0, 0.1) is 5.82 Å². The van der Waals surface area contributed by atoms with Crippen molar-refractivity contribution in [2.45, 2.75) is 19.4 Å². The molecule has 0 aliphatic carbocycles. The molecule has 0 saturated heterocycles. The van der Waals surface area contributed by atoms with Gasteiger partial charge in [-0.2, -0.15) is 0 Å². The maximum absolute atomic E-state index is 12.8. The SMILES string of the molecule is C[C@@H](Oc1ccc(Cl)c(Cl)c1)C(=O)NCCc1ccc(F)cc1. The predicted molar refractivity (Wildman–Crippen MR) is 89.7 cm³/mol. The molecule has 6 heteroatoms. The Morgan fingerprint density at radius 1 is 1.17 bits per heavy atom. The zero-order chi connectivity index (χ0) is 16.8. The highest BCUT2D eigenvalue weighted by molar-refractivity contribution is 6.42. The van der Waals surface area contributed by atoms with E-state index in [1.54, 1.807) is 37.3 Å². The minimum absolute atomic E-state index is 0.238. The molecule has 0 unspecified atom stereocenters. The Morgan fingerprint density at radius 2 is 1.87 bits per heavy atom. The van der Waals surface area contributed by atoms with Crippen molar-refractivity contribution in [1.82, 2.24) is 5.32 Å². The van der Waals surface area contributed by atoms with Crippen molar-refractivity contribution >= 4 is 29.1 Å². The highest BCUT2D eigenvalue weighted by Crippen LogP contribution is 2.26. The van der Waals surface area contributed by atoms with Gasteiger partial charge in [0.1, 0.15) is 11.6 Å². The molecule has 0 radical (unpaired) electrons. The number of carbonyl (C=O) groups is 1. The van der Waals surface area contributed by atoms with Crippen LogP contribution in [0.5, 0.6) is 5.75 Å². The molecular weight excluding hydrogens is 340 g/mol. The summed E-state index contributed by atoms with van der Waals surface area (Å²) in [6.45, 7) is 2.09. The van der Waals surface area contributed by atoms with Crippen molar-refractivity contribution in [3.05, 3.63) is 63.9 Å². The lowest BCUT2D eigenvalue weighted by atomic mass is 10.1. The van der Waals surface area contributed by atoms with Crippen LogP contribution in [0.1, 0.15) is 12.5 Å². The van der Waals surface area contributed by atoms with Gasteiger partial charge in [0.25, 0.3) is 5.91 Å². The zero-order valence-electron chi connectivity index (χ0n) is 12.5. The quantitative estimate of drug-likeness (QED) is 0.840. The molecule has 23 heavy (non-hydrogen) atoms. The van der Waals surface area contributed by atoms with E-state index in [9.17, 15) is 9.18 Å². The number of rotatable bonds is 6. The second-order valence-electron chi connectivity index (χ2n) is 5.00. The van der Waals surface area contributed by atoms with E-state index in [1.165, 1.54) is 12.1 Å². The number of halogens is 3. The first kappa shape index (κ1) is 17.6. The van der Waals surface area contributed by atoms with Gasteiger partial charge in [0.15, 0.2) is 6.10 Å². The van der Waals surface area contributed by atoms with E-state index in [2.05, 4.69) is 5.32 Å². The van der Waals surface area contributed by atoms with Gasteiger partial charge in [0.2, 0.25) is 0 Å². The third-order valence-electron chi connectivity index (χ3n) is 3.20. The van der Waals surface area contributed by atoms with E-state index in [0.717, 1.165) is 5.56 Å². The molecule has 1 amide bonds. The molecule has 3 nitrogen and oxygen atoms in total. The Labute approximate surface area is 144 Å². The molecule has 0 bridgehead atoms. The summed E-state index contributed by atoms with van der Waals surface area (Å²) in [4.78, 5) is 12.0. The van der Waals surface area contributed by atoms with Gasteiger partial charge in [0.05, 0.1) is 10.0 Å². The molecule has 2 rings (SSSR count). The van der Waals surface area contributed by atoms with E-state index in [0.29, 0.717) is 28.8 Å². The molecule has 0 aliphatic rings. The number of hydrogen-bond acceptors (Lipinski definition) is 2. The summed E-state index contributed by atoms with van der Waals surface area (Å²) in [6, 6.07) is 11.0. The van der Waals surface area contributed by atoms with Gasteiger partial charge < -0.3 is 10.1 Å². The first-order valence-corrected chi connectivity index (χ1v) is 7.85. The van der Waals surface area contributed by atoms with Crippen LogP contribution in [0.2, 0.25) is 10.0 Å². The van der Waals surface area contributed by atoms with Crippen LogP contribution in [0.3, 0.4) is 0 Å². The molecule has 0 fully saturated rings. The van der Waals surface area contributed by atoms with E-state index in [4.69, 9.17) is 27.9 Å². The highest BCUT2D eigenvalue weighted by Gasteiger charge is 2.14. The zero-order valence-corrected chi connectivity index (χ0v) is 14.0. The summed E-state index contributed by atoms with van der Waals surface area (Å²) in [5.74, 6) is -0.0415. The topological polar surface area (TPSA) is 38.3 Å². The van der Waals surface area contributed by atoms with Crippen LogP contribution >= 0.6 is 23.2 Å². The molecule has 2 aromatic rings. The second kappa shape index (κ2) is 8.18. The van der Waals surface area contributed by atoms with Crippen LogP contribution in [-0.4, -0.2) is 18.6 Å². The Bertz CT molecular complexity index is 677. The Hall–Kier alpha value is -1.78. The number of benzene rings is 2. The van der Waals surface area contributed by atoms with Gasteiger partial charge in [-0.1, -0.05) is 35.3 Å². The average molecular weight is 356 g/mol. The van der Waals surface area contributed by atoms with Gasteiger partial charge in [0, 0.05) is 12.6 Å². The standard InChI is InChI=1S/C17H16Cl2FNO2/c1-11(23-14-6-7-15(18)16(19)10-14)17(22)21-9-8-12-2-4-13(20)5-3-12/h2-7,10-11H,8-9H2,1H3,(H,21,22)/t11-/m1/s1. The van der Waals surface area contributed by atoms with E-state index >= 15 is 0 Å². The molecule has 0 heterocycles. The average Bonchev–Trinajstić information content (AvgIpc) is 2.52. The fraction of sp³-hybridized carbons (Fsp3) is 0.235. The molecule has 122 valence electrons. The normalized spacial score (nSPS) is 11.8. The summed E-state index contributed by atoms with van der Waals surface area (Å²) < 4.78 is 18.3. The predicted octanol–water partition coefficient (Wildman–Crippen LogP) is 4.26. The van der Waals surface area contributed by atoms with Crippen LogP contribution in [-0.2, 0) is 11.2 Å². The first-order valence-electron chi connectivity index (χ1n) is 7.09. The lowest BCUT2D eigenvalue weighted by Crippen LogP contribution is -2.37. The van der Waals surface area contributed by atoms with E-state index in [1.807, 2.05) is 0 Å². The summed E-state index contributed by atoms with van der Waals surface area (Å²) in [5, 5.41) is 3.57. The highest BCUT2D eigenvalue weighted by atomic mass is 35.5. The lowest BCUT2D eigenvalue weighted by molar-refractivity contribution is -0.127. The van der Waals surface area contributed by atoms with Crippen molar-refractivity contribution in [2.24, 2.45) is 0 Å². The van der Waals surface area contributed by atoms with Crippen molar-refractivity contribution < 1.29 is 13.9 Å². The van der Waals surface area contributed by atoms with E-state index < -0.39 is 6.10 Å². The third kappa shape index (κ3) is 5.41. The molecule has 0 spiro atoms. The second-order valence-corrected chi connectivity index (χ2v) is 5.82. The van der Waals surface area contributed by atoms with Crippen LogP contribution in [0.25, 0.3) is 0 Å². The Kier molecular flexibility index (Phi) is 6.25. The van der Waals surface area contributed by atoms with Crippen molar-refractivity contribution in [3.63, 3.8) is 0 Å². The van der Waals surface area contributed by atoms with Gasteiger partial charge in [-0.05, 0) is 43.2 Å². The summed E-state index contributed by atoms with van der Waals surface area (Å²) in [6.07, 6.45) is -0.0497. The Morgan fingerprint density at radius 3 is 2.52 bits per heavy atom. The molecule has 0 saturated carbocycles. The molecule has 0 aliphatic heterocycles. The number of amides is 1. The van der Waals surface area contributed by atoms with Crippen LogP contribution in [0.4, 0.5) is 4.39 Å². The Balaban J connectivity index is 1.80. The summed E-state index contributed by atoms with van der Waals surface area (Å²) in [7, 11) is 0. The minimum Gasteiger partial charge on any atom is -0.481 e. The molecule has 0 aromatic heterocycles. The number of hydrogen-bond donors (Lipinski definition) is 1. The number of carbonyl (C=O) groups excluding carboxylic acids is 1. The van der Waals surface area contributed by atoms with Crippen molar-refractivity contribution in [3.8, 4) is 5.75 Å². The minimum atomic E-state index is -0.666. The fourth-order valence-electron chi connectivity index (χ4n) is 1.93. The third-order valence-corrected chi connectivity index (χ3v) is 3.94. The molecule has 2 aromatic carbocycles. The maximum Gasteiger partial charge on any atom is 0.260 e. The molecule has 1 atom stereocenters. The van der Waals surface area contributed by atoms with E-state index in [-0.39, 0.29) is 11.7 Å². The molecule has 1 N–H and O–H groups in total. The molecular formula is C17H16Cl2FNO2. The summed E-state index contributed by atoms with van der Waals surface area (Å²) in [5.41, 5.74) is 0.949. The monoisotopic (exact) mass is 355 g/mol. The lowest BCUT2D eigenvalue weighted by Gasteiger charge is -2.15. The number of ether oxygens (including phenoxy) is 1. The number of nitrogens with one attached hydrogen (secondary N) is 1. The van der Waals surface area contributed by atoms with Gasteiger partial charge in [-0.15, -0.1) is 0 Å². The van der Waals surface area contributed by atoms with Gasteiger partial charge >= 0.3 is 0 Å². The maximum atomic E-state index is 12.8. The van der Waals surface area contributed by atoms with Crippen LogP contribution in [0.15, 0.2) is 42.5 Å². The van der Waals surface area contributed by atoms with Crippen LogP contribution < -0.4 is 10.1 Å². The largest absolute Gasteiger partial charge is 0.481 e. The van der Waals surface area contributed by atoms with Gasteiger partial charge in [-0.25, -0.2) is 4.39 Å². The van der Waals surface area contributed by atoms with Crippen molar-refractivity contribution in [2.75, 3.05) is 6.54 Å². The van der Waals surface area contributed by atoms with Gasteiger partial charge in [-0.3, -0.25) is 4.79 Å². The summed E-state index contributed by atoms with van der Waals surface area (Å²) >= 11 is 11.7. The smallest absolute Gasteiger partial charge is 0.260 e. The van der Waals surface area contributed by atoms with Crippen molar-refractivity contribution in [1.29, 1.82) is 0 Å². The first-order chi connectivity index (χ1) is 11.0.